The van der Waals surface area contributed by atoms with Crippen LogP contribution in [0.1, 0.15) is 6.42 Å². The van der Waals surface area contributed by atoms with Gasteiger partial charge in [-0.15, -0.1) is 10.2 Å². The number of aromatic nitrogens is 3. The van der Waals surface area contributed by atoms with Gasteiger partial charge < -0.3 is 10.1 Å². The van der Waals surface area contributed by atoms with Crippen LogP contribution >= 0.6 is 11.6 Å². The highest BCUT2D eigenvalue weighted by molar-refractivity contribution is 6.30. The van der Waals surface area contributed by atoms with Gasteiger partial charge in [0, 0.05) is 40.4 Å². The molecule has 1 fully saturated rings. The molecule has 0 spiro atoms. The van der Waals surface area contributed by atoms with Crippen molar-refractivity contribution < 1.29 is 4.74 Å². The van der Waals surface area contributed by atoms with Gasteiger partial charge >= 0.3 is 0 Å². The Morgan fingerprint density at radius 3 is 2.74 bits per heavy atom. The summed E-state index contributed by atoms with van der Waals surface area (Å²) in [5.74, 6) is 0.751. The summed E-state index contributed by atoms with van der Waals surface area (Å²) in [6.07, 6.45) is 4.57. The summed E-state index contributed by atoms with van der Waals surface area (Å²) in [5.41, 5.74) is 1.81. The molecule has 0 unspecified atom stereocenters. The molecule has 1 N–H and O–H groups in total. The number of rotatable bonds is 3. The van der Waals surface area contributed by atoms with Crippen molar-refractivity contribution in [3.05, 3.63) is 47.7 Å². The molecular weight excluding hydrogens is 312 g/mol. The van der Waals surface area contributed by atoms with Crippen LogP contribution in [0.15, 0.2) is 42.7 Å². The Balaban J connectivity index is 1.79. The summed E-state index contributed by atoms with van der Waals surface area (Å²) in [6, 6.07) is 9.84. The van der Waals surface area contributed by atoms with Gasteiger partial charge in [-0.3, -0.25) is 4.98 Å². The first-order valence-corrected chi connectivity index (χ1v) is 7.90. The van der Waals surface area contributed by atoms with E-state index in [1.807, 2.05) is 36.5 Å². The maximum absolute atomic E-state index is 5.97. The highest BCUT2D eigenvalue weighted by Crippen LogP contribution is 2.30. The first-order chi connectivity index (χ1) is 11.3. The summed E-state index contributed by atoms with van der Waals surface area (Å²) in [5, 5.41) is 14.9. The molecule has 0 saturated carbocycles. The van der Waals surface area contributed by atoms with Gasteiger partial charge in [0.05, 0.1) is 12.6 Å². The minimum absolute atomic E-state index is 0.272. The maximum atomic E-state index is 5.97. The van der Waals surface area contributed by atoms with Gasteiger partial charge in [0.15, 0.2) is 5.82 Å². The third-order valence-corrected chi connectivity index (χ3v) is 4.22. The van der Waals surface area contributed by atoms with E-state index in [1.165, 1.54) is 0 Å². The summed E-state index contributed by atoms with van der Waals surface area (Å²) < 4.78 is 5.41. The lowest BCUT2D eigenvalue weighted by Gasteiger charge is -2.14. The van der Waals surface area contributed by atoms with Gasteiger partial charge in [-0.25, -0.2) is 0 Å². The van der Waals surface area contributed by atoms with E-state index in [2.05, 4.69) is 20.5 Å². The minimum Gasteiger partial charge on any atom is -0.379 e. The van der Waals surface area contributed by atoms with Crippen LogP contribution in [0.4, 0.5) is 5.82 Å². The van der Waals surface area contributed by atoms with Crippen molar-refractivity contribution in [2.45, 2.75) is 12.5 Å². The number of hydrogen-bond acceptors (Lipinski definition) is 5. The molecule has 1 aromatic carbocycles. The van der Waals surface area contributed by atoms with Gasteiger partial charge in [0.2, 0.25) is 0 Å². The number of hydrogen-bond donors (Lipinski definition) is 1. The number of nitrogens with one attached hydrogen (secondary N) is 1. The molecule has 3 heterocycles. The van der Waals surface area contributed by atoms with Gasteiger partial charge in [0.25, 0.3) is 0 Å². The number of halogens is 1. The molecular formula is C17H15ClN4O. The van der Waals surface area contributed by atoms with E-state index in [1.54, 1.807) is 6.20 Å². The van der Waals surface area contributed by atoms with Crippen molar-refractivity contribution >= 4 is 28.2 Å². The second-order valence-electron chi connectivity index (χ2n) is 5.53. The number of anilines is 1. The maximum Gasteiger partial charge on any atom is 0.158 e. The number of ether oxygens (including phenoxy) is 1. The second kappa shape index (κ2) is 6.10. The fourth-order valence-electron chi connectivity index (χ4n) is 2.77. The summed E-state index contributed by atoms with van der Waals surface area (Å²) in [4.78, 5) is 4.24. The molecule has 3 aromatic rings. The molecule has 1 atom stereocenters. The molecule has 2 aromatic heterocycles. The van der Waals surface area contributed by atoms with Crippen molar-refractivity contribution in [1.82, 2.24) is 15.2 Å². The largest absolute Gasteiger partial charge is 0.379 e. The highest BCUT2D eigenvalue weighted by atomic mass is 35.5. The van der Waals surface area contributed by atoms with Crippen LogP contribution in [0.5, 0.6) is 0 Å². The van der Waals surface area contributed by atoms with Crippen molar-refractivity contribution in [1.29, 1.82) is 0 Å². The normalized spacial score (nSPS) is 17.5. The zero-order valence-corrected chi connectivity index (χ0v) is 13.1. The van der Waals surface area contributed by atoms with Crippen molar-refractivity contribution in [2.24, 2.45) is 0 Å². The van der Waals surface area contributed by atoms with E-state index in [0.29, 0.717) is 11.6 Å². The molecule has 0 aliphatic carbocycles. The average molecular weight is 327 g/mol. The number of pyridine rings is 1. The van der Waals surface area contributed by atoms with Crippen LogP contribution < -0.4 is 5.32 Å². The lowest BCUT2D eigenvalue weighted by atomic mass is 10.1. The quantitative estimate of drug-likeness (QED) is 0.797. The van der Waals surface area contributed by atoms with Crippen molar-refractivity contribution in [2.75, 3.05) is 18.5 Å². The van der Waals surface area contributed by atoms with Gasteiger partial charge in [-0.05, 0) is 24.6 Å². The molecule has 116 valence electrons. The number of benzene rings is 1. The summed E-state index contributed by atoms with van der Waals surface area (Å²) >= 11 is 5.97. The average Bonchev–Trinajstić information content (AvgIpc) is 3.09. The SMILES string of the molecule is Clc1ccc(-c2nnc(N[C@H]3CCOC3)c3cnccc23)cc1. The fourth-order valence-corrected chi connectivity index (χ4v) is 2.89. The van der Waals surface area contributed by atoms with Crippen LogP contribution in [0.25, 0.3) is 22.0 Å². The van der Waals surface area contributed by atoms with Crippen LogP contribution in [-0.2, 0) is 4.74 Å². The molecule has 1 aliphatic heterocycles. The molecule has 1 saturated heterocycles. The fraction of sp³-hybridized carbons (Fsp3) is 0.235. The molecule has 6 heteroatoms. The minimum atomic E-state index is 0.272. The zero-order chi connectivity index (χ0) is 15.6. The topological polar surface area (TPSA) is 59.9 Å². The van der Waals surface area contributed by atoms with Crippen molar-refractivity contribution in [3.8, 4) is 11.3 Å². The molecule has 0 radical (unpaired) electrons. The molecule has 0 amide bonds. The van der Waals surface area contributed by atoms with Crippen LogP contribution in [0.3, 0.4) is 0 Å². The van der Waals surface area contributed by atoms with Crippen LogP contribution in [0.2, 0.25) is 5.02 Å². The number of nitrogens with zero attached hydrogens (tertiary/aromatic N) is 3. The lowest BCUT2D eigenvalue weighted by Crippen LogP contribution is -2.20. The van der Waals surface area contributed by atoms with Crippen LogP contribution in [-0.4, -0.2) is 34.4 Å². The Kier molecular flexibility index (Phi) is 3.81. The Hall–Kier alpha value is -2.24. The van der Waals surface area contributed by atoms with E-state index in [0.717, 1.165) is 40.9 Å². The third kappa shape index (κ3) is 2.85. The van der Waals surface area contributed by atoms with E-state index in [4.69, 9.17) is 16.3 Å². The summed E-state index contributed by atoms with van der Waals surface area (Å²) in [7, 11) is 0. The monoisotopic (exact) mass is 326 g/mol. The second-order valence-corrected chi connectivity index (χ2v) is 5.97. The third-order valence-electron chi connectivity index (χ3n) is 3.97. The highest BCUT2D eigenvalue weighted by Gasteiger charge is 2.18. The first-order valence-electron chi connectivity index (χ1n) is 7.52. The molecule has 0 bridgehead atoms. The van der Waals surface area contributed by atoms with E-state index >= 15 is 0 Å². The lowest BCUT2D eigenvalue weighted by molar-refractivity contribution is 0.195. The standard InChI is InChI=1S/C17H15ClN4O/c18-12-3-1-11(2-4-12)16-14-5-7-19-9-15(14)17(22-21-16)20-13-6-8-23-10-13/h1-5,7,9,13H,6,8,10H2,(H,20,22)/t13-/m0/s1. The van der Waals surface area contributed by atoms with E-state index < -0.39 is 0 Å². The van der Waals surface area contributed by atoms with Gasteiger partial charge in [0.1, 0.15) is 5.69 Å². The smallest absolute Gasteiger partial charge is 0.158 e. The van der Waals surface area contributed by atoms with Gasteiger partial charge in [-0.1, -0.05) is 23.7 Å². The Morgan fingerprint density at radius 2 is 1.96 bits per heavy atom. The van der Waals surface area contributed by atoms with E-state index in [9.17, 15) is 0 Å². The van der Waals surface area contributed by atoms with E-state index in [-0.39, 0.29) is 6.04 Å². The molecule has 23 heavy (non-hydrogen) atoms. The molecule has 4 rings (SSSR count). The molecule has 1 aliphatic rings. The summed E-state index contributed by atoms with van der Waals surface area (Å²) in [6.45, 7) is 1.48. The Bertz CT molecular complexity index is 832. The Labute approximate surface area is 138 Å². The molecule has 5 nitrogen and oxygen atoms in total. The first kappa shape index (κ1) is 14.4. The number of fused-ring (bicyclic) bond motifs is 1. The predicted molar refractivity (Wildman–Crippen MR) is 90.6 cm³/mol. The van der Waals surface area contributed by atoms with Gasteiger partial charge in [-0.2, -0.15) is 0 Å². The zero-order valence-electron chi connectivity index (χ0n) is 12.4. The van der Waals surface area contributed by atoms with Crippen molar-refractivity contribution in [3.63, 3.8) is 0 Å². The predicted octanol–water partition coefficient (Wildman–Crippen LogP) is 3.55. The Morgan fingerprint density at radius 1 is 1.09 bits per heavy atom. The van der Waals surface area contributed by atoms with Crippen LogP contribution in [0, 0.1) is 0 Å².